The van der Waals surface area contributed by atoms with E-state index in [0.29, 0.717) is 5.02 Å². The Morgan fingerprint density at radius 3 is 2.50 bits per heavy atom. The Morgan fingerprint density at radius 2 is 1.92 bits per heavy atom. The van der Waals surface area contributed by atoms with Crippen LogP contribution in [0.25, 0.3) is 5.69 Å². The number of benzene rings is 1. The van der Waals surface area contributed by atoms with Crippen molar-refractivity contribution in [2.75, 3.05) is 32.7 Å². The Labute approximate surface area is 160 Å². The summed E-state index contributed by atoms with van der Waals surface area (Å²) in [5.74, 6) is 0.127. The van der Waals surface area contributed by atoms with Crippen LogP contribution in [0.1, 0.15) is 42.5 Å². The molecule has 0 unspecified atom stereocenters. The van der Waals surface area contributed by atoms with Gasteiger partial charge in [-0.1, -0.05) is 31.5 Å². The predicted molar refractivity (Wildman–Crippen MR) is 104 cm³/mol. The van der Waals surface area contributed by atoms with Gasteiger partial charge in [-0.05, 0) is 38.0 Å². The highest BCUT2D eigenvalue weighted by molar-refractivity contribution is 6.30. The van der Waals surface area contributed by atoms with Crippen LogP contribution in [-0.4, -0.2) is 53.3 Å². The first-order chi connectivity index (χ1) is 12.6. The zero-order valence-corrected chi connectivity index (χ0v) is 16.6. The minimum absolute atomic E-state index is 0.127. The summed E-state index contributed by atoms with van der Waals surface area (Å²) in [6.07, 6.45) is 1.49. The van der Waals surface area contributed by atoms with Crippen LogP contribution in [0.3, 0.4) is 0 Å². The molecule has 1 aliphatic rings. The molecule has 1 saturated heterocycles. The van der Waals surface area contributed by atoms with Crippen LogP contribution in [0, 0.1) is 0 Å². The molecular weight excluding hydrogens is 348 g/mol. The highest BCUT2D eigenvalue weighted by atomic mass is 35.5. The van der Waals surface area contributed by atoms with Crippen LogP contribution >= 0.6 is 11.6 Å². The van der Waals surface area contributed by atoms with E-state index in [2.05, 4.69) is 20.8 Å². The summed E-state index contributed by atoms with van der Waals surface area (Å²) in [6, 6.07) is 7.64. The zero-order chi connectivity index (χ0) is 18.7. The zero-order valence-electron chi connectivity index (χ0n) is 15.9. The van der Waals surface area contributed by atoms with Gasteiger partial charge < -0.3 is 9.80 Å². The van der Waals surface area contributed by atoms with Gasteiger partial charge in [0, 0.05) is 5.02 Å². The van der Waals surface area contributed by atoms with Crippen molar-refractivity contribution in [1.29, 1.82) is 0 Å². The van der Waals surface area contributed by atoms with Crippen LogP contribution in [0.5, 0.6) is 0 Å². The molecule has 2 aromatic rings. The number of hydrogen-bond acceptors (Lipinski definition) is 2. The number of nitrogens with one attached hydrogen (secondary N) is 1. The third kappa shape index (κ3) is 3.64. The van der Waals surface area contributed by atoms with E-state index in [-0.39, 0.29) is 5.91 Å². The molecule has 0 aliphatic carbocycles. The number of rotatable bonds is 5. The molecule has 1 aromatic carbocycles. The minimum atomic E-state index is 0.127. The average molecular weight is 376 g/mol. The molecule has 26 heavy (non-hydrogen) atoms. The van der Waals surface area contributed by atoms with Crippen LogP contribution in [-0.2, 0) is 12.8 Å². The molecule has 0 atom stereocenters. The Morgan fingerprint density at radius 1 is 1.19 bits per heavy atom. The fourth-order valence-electron chi connectivity index (χ4n) is 3.68. The number of nitrogens with zero attached hydrogens (tertiary/aromatic N) is 3. The number of piperazine rings is 1. The van der Waals surface area contributed by atoms with Gasteiger partial charge in [0.15, 0.2) is 0 Å². The standard InChI is InChI=1S/C20H27ClN4O/c1-4-17-19(20(26)24-12-10-23(6-3)11-13-24)18(5-2)25(22-17)16-9-7-8-15(21)14-16/h7-9,14H,4-6,10-13H2,1-3H3/p+1. The van der Waals surface area contributed by atoms with E-state index in [1.165, 1.54) is 0 Å². The van der Waals surface area contributed by atoms with E-state index in [9.17, 15) is 4.79 Å². The summed E-state index contributed by atoms with van der Waals surface area (Å²) in [6.45, 7) is 11.1. The van der Waals surface area contributed by atoms with Gasteiger partial charge in [0.2, 0.25) is 0 Å². The second-order valence-electron chi connectivity index (χ2n) is 6.76. The molecule has 2 heterocycles. The van der Waals surface area contributed by atoms with Gasteiger partial charge in [-0.15, -0.1) is 0 Å². The first-order valence-electron chi connectivity index (χ1n) is 9.58. The molecule has 1 fully saturated rings. The van der Waals surface area contributed by atoms with E-state index in [1.54, 1.807) is 4.90 Å². The Bertz CT molecular complexity index is 778. The summed E-state index contributed by atoms with van der Waals surface area (Å²) < 4.78 is 1.89. The Hall–Kier alpha value is -1.85. The Kier molecular flexibility index (Phi) is 5.99. The van der Waals surface area contributed by atoms with Gasteiger partial charge in [0.05, 0.1) is 55.4 Å². The van der Waals surface area contributed by atoms with Crippen molar-refractivity contribution in [3.05, 3.63) is 46.2 Å². The number of aromatic nitrogens is 2. The largest absolute Gasteiger partial charge is 0.332 e. The van der Waals surface area contributed by atoms with Crippen molar-refractivity contribution in [3.63, 3.8) is 0 Å². The lowest BCUT2D eigenvalue weighted by Crippen LogP contribution is -3.14. The predicted octanol–water partition coefficient (Wildman–Crippen LogP) is 2.01. The van der Waals surface area contributed by atoms with E-state index in [0.717, 1.165) is 68.2 Å². The summed E-state index contributed by atoms with van der Waals surface area (Å²) >= 11 is 6.16. The maximum atomic E-state index is 13.3. The molecule has 5 nitrogen and oxygen atoms in total. The third-order valence-electron chi connectivity index (χ3n) is 5.25. The van der Waals surface area contributed by atoms with E-state index in [1.807, 2.05) is 33.8 Å². The van der Waals surface area contributed by atoms with Gasteiger partial charge in [-0.2, -0.15) is 5.10 Å². The number of carbonyl (C=O) groups excluding carboxylic acids is 1. The lowest BCUT2D eigenvalue weighted by atomic mass is 10.1. The van der Waals surface area contributed by atoms with Crippen LogP contribution in [0.15, 0.2) is 24.3 Å². The summed E-state index contributed by atoms with van der Waals surface area (Å²) in [5.41, 5.74) is 3.54. The molecule has 1 amide bonds. The van der Waals surface area contributed by atoms with Gasteiger partial charge in [0.25, 0.3) is 5.91 Å². The van der Waals surface area contributed by atoms with E-state index < -0.39 is 0 Å². The smallest absolute Gasteiger partial charge is 0.258 e. The number of halogens is 1. The highest BCUT2D eigenvalue weighted by Crippen LogP contribution is 2.23. The fraction of sp³-hybridized carbons (Fsp3) is 0.500. The molecule has 6 heteroatoms. The first-order valence-corrected chi connectivity index (χ1v) is 9.96. The van der Waals surface area contributed by atoms with Crippen molar-refractivity contribution >= 4 is 17.5 Å². The summed E-state index contributed by atoms with van der Waals surface area (Å²) in [7, 11) is 0. The molecule has 1 aromatic heterocycles. The highest BCUT2D eigenvalue weighted by Gasteiger charge is 2.29. The van der Waals surface area contributed by atoms with Gasteiger partial charge in [-0.3, -0.25) is 4.79 Å². The average Bonchev–Trinajstić information content (AvgIpc) is 3.06. The number of quaternary nitrogens is 1. The maximum Gasteiger partial charge on any atom is 0.258 e. The van der Waals surface area contributed by atoms with Crippen LogP contribution in [0.4, 0.5) is 0 Å². The SMILES string of the molecule is CCc1nn(-c2cccc(Cl)c2)c(CC)c1C(=O)N1CC[NH+](CC)CC1. The van der Waals surface area contributed by atoms with Crippen molar-refractivity contribution < 1.29 is 9.69 Å². The fourth-order valence-corrected chi connectivity index (χ4v) is 3.87. The molecule has 0 radical (unpaired) electrons. The third-order valence-corrected chi connectivity index (χ3v) is 5.48. The second kappa shape index (κ2) is 8.23. The van der Waals surface area contributed by atoms with Gasteiger partial charge >= 0.3 is 0 Å². The van der Waals surface area contributed by atoms with Gasteiger partial charge in [0.1, 0.15) is 0 Å². The second-order valence-corrected chi connectivity index (χ2v) is 7.20. The van der Waals surface area contributed by atoms with Crippen molar-refractivity contribution in [3.8, 4) is 5.69 Å². The number of carbonyl (C=O) groups is 1. The number of likely N-dealkylation sites (N-methyl/N-ethyl adjacent to an activating group) is 1. The molecular formula is C20H28ClN4O+. The topological polar surface area (TPSA) is 42.6 Å². The van der Waals surface area contributed by atoms with Crippen molar-refractivity contribution in [1.82, 2.24) is 14.7 Å². The molecule has 3 rings (SSSR count). The molecule has 0 bridgehead atoms. The van der Waals surface area contributed by atoms with Gasteiger partial charge in [-0.25, -0.2) is 4.68 Å². The molecule has 1 aliphatic heterocycles. The van der Waals surface area contributed by atoms with E-state index >= 15 is 0 Å². The van der Waals surface area contributed by atoms with Crippen LogP contribution < -0.4 is 4.90 Å². The quantitative estimate of drug-likeness (QED) is 0.868. The van der Waals surface area contributed by atoms with Crippen molar-refractivity contribution in [2.45, 2.75) is 33.6 Å². The maximum absolute atomic E-state index is 13.3. The first kappa shape index (κ1) is 18.9. The number of amides is 1. The lowest BCUT2D eigenvalue weighted by molar-refractivity contribution is -0.902. The van der Waals surface area contributed by atoms with Crippen LogP contribution in [0.2, 0.25) is 5.02 Å². The monoisotopic (exact) mass is 375 g/mol. The summed E-state index contributed by atoms with van der Waals surface area (Å²) in [4.78, 5) is 16.9. The van der Waals surface area contributed by atoms with Crippen molar-refractivity contribution in [2.24, 2.45) is 0 Å². The van der Waals surface area contributed by atoms with E-state index in [4.69, 9.17) is 16.7 Å². The minimum Gasteiger partial charge on any atom is -0.332 e. The number of aryl methyl sites for hydroxylation is 1. The molecule has 140 valence electrons. The lowest BCUT2D eigenvalue weighted by Gasteiger charge is -2.31. The normalized spacial score (nSPS) is 15.5. The molecule has 0 saturated carbocycles. The number of hydrogen-bond donors (Lipinski definition) is 1. The molecule has 1 N–H and O–H groups in total. The summed E-state index contributed by atoms with van der Waals surface area (Å²) in [5, 5.41) is 5.43. The molecule has 0 spiro atoms. The Balaban J connectivity index is 1.97.